The van der Waals surface area contributed by atoms with Crippen LogP contribution in [0.2, 0.25) is 0 Å². The highest BCUT2D eigenvalue weighted by molar-refractivity contribution is 7.16. The summed E-state index contributed by atoms with van der Waals surface area (Å²) in [4.78, 5) is 38.7. The molecule has 0 amide bonds. The zero-order valence-electron chi connectivity index (χ0n) is 22.4. The summed E-state index contributed by atoms with van der Waals surface area (Å²) in [6.45, 7) is -0.0323. The van der Waals surface area contributed by atoms with E-state index in [1.165, 1.54) is 17.6 Å². The van der Waals surface area contributed by atoms with Crippen molar-refractivity contribution < 1.29 is 23.9 Å². The number of hydrogen-bond acceptors (Lipinski definition) is 7. The van der Waals surface area contributed by atoms with Gasteiger partial charge in [-0.15, -0.1) is 11.3 Å². The number of carbonyl (C=O) groups excluding carboxylic acids is 3. The van der Waals surface area contributed by atoms with Gasteiger partial charge in [0.15, 0.2) is 12.4 Å². The van der Waals surface area contributed by atoms with Crippen molar-refractivity contribution in [1.29, 1.82) is 0 Å². The maximum atomic E-state index is 12.6. The van der Waals surface area contributed by atoms with Crippen LogP contribution >= 0.6 is 11.3 Å². The van der Waals surface area contributed by atoms with Crippen molar-refractivity contribution in [3.05, 3.63) is 112 Å². The van der Waals surface area contributed by atoms with Gasteiger partial charge in [0.25, 0.3) is 0 Å². The van der Waals surface area contributed by atoms with Crippen molar-refractivity contribution in [2.45, 2.75) is 31.6 Å². The number of anilines is 1. The lowest BCUT2D eigenvalue weighted by molar-refractivity contribution is -0.142. The molecular formula is C33H31NO5S. The number of benzene rings is 3. The van der Waals surface area contributed by atoms with Crippen molar-refractivity contribution in [3.63, 3.8) is 0 Å². The first-order valence-electron chi connectivity index (χ1n) is 13.4. The smallest absolute Gasteiger partial charge is 0.341 e. The molecule has 204 valence electrons. The Bertz CT molecular complexity index is 1480. The maximum Gasteiger partial charge on any atom is 0.341 e. The van der Waals surface area contributed by atoms with E-state index >= 15 is 0 Å². The zero-order chi connectivity index (χ0) is 27.9. The Morgan fingerprint density at radius 3 is 2.27 bits per heavy atom. The van der Waals surface area contributed by atoms with E-state index in [-0.39, 0.29) is 31.3 Å². The van der Waals surface area contributed by atoms with Crippen LogP contribution in [0.25, 0.3) is 11.1 Å². The summed E-state index contributed by atoms with van der Waals surface area (Å²) in [7, 11) is 1.38. The summed E-state index contributed by atoms with van der Waals surface area (Å²) in [5.41, 5.74) is 5.48. The molecule has 7 heteroatoms. The Kier molecular flexibility index (Phi) is 8.71. The predicted molar refractivity (Wildman–Crippen MR) is 157 cm³/mol. The average molecular weight is 554 g/mol. The van der Waals surface area contributed by atoms with Gasteiger partial charge in [-0.05, 0) is 47.4 Å². The largest absolute Gasteiger partial charge is 0.465 e. The Balaban J connectivity index is 1.14. The van der Waals surface area contributed by atoms with Gasteiger partial charge in [-0.3, -0.25) is 9.59 Å². The number of nitrogens with one attached hydrogen (secondary N) is 1. The van der Waals surface area contributed by atoms with E-state index in [4.69, 9.17) is 9.47 Å². The van der Waals surface area contributed by atoms with Crippen LogP contribution < -0.4 is 5.32 Å². The molecular weight excluding hydrogens is 522 g/mol. The van der Waals surface area contributed by atoms with Crippen LogP contribution in [0.5, 0.6) is 0 Å². The Hall–Kier alpha value is -4.23. The highest BCUT2D eigenvalue weighted by atomic mass is 32.1. The van der Waals surface area contributed by atoms with Gasteiger partial charge in [-0.2, -0.15) is 0 Å². The van der Waals surface area contributed by atoms with Crippen LogP contribution in [0, 0.1) is 0 Å². The zero-order valence-corrected chi connectivity index (χ0v) is 23.2. The monoisotopic (exact) mass is 553 g/mol. The molecule has 0 radical (unpaired) electrons. The van der Waals surface area contributed by atoms with Crippen molar-refractivity contribution >= 4 is 34.1 Å². The summed E-state index contributed by atoms with van der Waals surface area (Å²) in [5.74, 6) is -0.697. The molecule has 0 bridgehead atoms. The molecule has 0 saturated carbocycles. The molecule has 0 fully saturated rings. The molecule has 5 rings (SSSR count). The van der Waals surface area contributed by atoms with Gasteiger partial charge in [0, 0.05) is 17.0 Å². The van der Waals surface area contributed by atoms with Crippen molar-refractivity contribution in [1.82, 2.24) is 0 Å². The number of ketones is 1. The third-order valence-corrected chi connectivity index (χ3v) is 8.43. The summed E-state index contributed by atoms with van der Waals surface area (Å²) in [5, 5.41) is 3.96. The second kappa shape index (κ2) is 12.7. The van der Waals surface area contributed by atoms with E-state index in [1.54, 1.807) is 23.5 Å². The Labute approximate surface area is 238 Å². The van der Waals surface area contributed by atoms with Crippen LogP contribution in [0.1, 0.15) is 55.5 Å². The minimum atomic E-state index is -0.480. The van der Waals surface area contributed by atoms with Crippen LogP contribution in [-0.2, 0) is 27.1 Å². The van der Waals surface area contributed by atoms with Crippen LogP contribution in [0.4, 0.5) is 5.00 Å². The number of carbonyl (C=O) groups is 3. The predicted octanol–water partition coefficient (Wildman–Crippen LogP) is 6.70. The fourth-order valence-electron chi connectivity index (χ4n) is 5.10. The average Bonchev–Trinajstić information content (AvgIpc) is 3.38. The van der Waals surface area contributed by atoms with Gasteiger partial charge >= 0.3 is 11.9 Å². The standard InChI is InChI=1S/C33H31NO5S/c1-38-33(37)31-27-17-16-26(23-10-6-3-7-11-23)20-29(27)40-32(31)34-19-18-30(36)39-21-28(35)25-14-12-24(13-15-25)22-8-4-2-5-9-22/h2-15,26,34H,16-21H2,1H3. The molecule has 3 aromatic carbocycles. The Morgan fingerprint density at radius 2 is 1.57 bits per heavy atom. The Morgan fingerprint density at radius 1 is 0.900 bits per heavy atom. The third-order valence-electron chi connectivity index (χ3n) is 7.22. The molecule has 0 saturated heterocycles. The van der Waals surface area contributed by atoms with Gasteiger partial charge < -0.3 is 14.8 Å². The molecule has 0 spiro atoms. The molecule has 1 N–H and O–H groups in total. The fraction of sp³-hybridized carbons (Fsp3) is 0.242. The fourth-order valence-corrected chi connectivity index (χ4v) is 6.44. The lowest BCUT2D eigenvalue weighted by Crippen LogP contribution is -2.17. The van der Waals surface area contributed by atoms with E-state index < -0.39 is 5.97 Å². The van der Waals surface area contributed by atoms with Crippen molar-refractivity contribution in [2.75, 3.05) is 25.6 Å². The number of Topliss-reactive ketones (excluding diaryl/α,β-unsaturated/α-hetero) is 1. The molecule has 40 heavy (non-hydrogen) atoms. The summed E-state index contributed by atoms with van der Waals surface area (Å²) >= 11 is 1.55. The SMILES string of the molecule is COC(=O)c1c(NCCC(=O)OCC(=O)c2ccc(-c3ccccc3)cc2)sc2c1CCC(c1ccccc1)C2. The van der Waals surface area contributed by atoms with E-state index in [2.05, 4.69) is 29.6 Å². The minimum absolute atomic E-state index is 0.0655. The summed E-state index contributed by atoms with van der Waals surface area (Å²) < 4.78 is 10.3. The maximum absolute atomic E-state index is 12.6. The normalized spacial score (nSPS) is 14.2. The number of ether oxygens (including phenoxy) is 2. The first-order valence-corrected chi connectivity index (χ1v) is 14.2. The van der Waals surface area contributed by atoms with E-state index in [0.717, 1.165) is 36.0 Å². The first kappa shape index (κ1) is 27.3. The molecule has 1 aliphatic carbocycles. The molecule has 1 aliphatic rings. The van der Waals surface area contributed by atoms with Gasteiger partial charge in [0.05, 0.1) is 19.1 Å². The van der Waals surface area contributed by atoms with E-state index in [9.17, 15) is 14.4 Å². The third kappa shape index (κ3) is 6.32. The molecule has 1 unspecified atom stereocenters. The van der Waals surface area contributed by atoms with Crippen LogP contribution in [-0.4, -0.2) is 38.0 Å². The molecule has 1 heterocycles. The van der Waals surface area contributed by atoms with Gasteiger partial charge in [-0.25, -0.2) is 4.79 Å². The summed E-state index contributed by atoms with van der Waals surface area (Å²) in [6, 6.07) is 27.6. The van der Waals surface area contributed by atoms with Crippen molar-refractivity contribution in [3.8, 4) is 11.1 Å². The topological polar surface area (TPSA) is 81.7 Å². The number of hydrogen-bond donors (Lipinski definition) is 1. The highest BCUT2D eigenvalue weighted by Crippen LogP contribution is 2.42. The van der Waals surface area contributed by atoms with Gasteiger partial charge in [0.1, 0.15) is 5.00 Å². The second-order valence-electron chi connectivity index (χ2n) is 9.75. The van der Waals surface area contributed by atoms with Crippen LogP contribution in [0.3, 0.4) is 0 Å². The van der Waals surface area contributed by atoms with Crippen LogP contribution in [0.15, 0.2) is 84.9 Å². The molecule has 6 nitrogen and oxygen atoms in total. The quantitative estimate of drug-likeness (QED) is 0.174. The number of esters is 2. The van der Waals surface area contributed by atoms with E-state index in [0.29, 0.717) is 22.0 Å². The molecule has 1 aromatic heterocycles. The second-order valence-corrected chi connectivity index (χ2v) is 10.9. The molecule has 1 atom stereocenters. The highest BCUT2D eigenvalue weighted by Gasteiger charge is 2.30. The lowest BCUT2D eigenvalue weighted by atomic mass is 9.83. The minimum Gasteiger partial charge on any atom is -0.465 e. The van der Waals surface area contributed by atoms with Crippen molar-refractivity contribution in [2.24, 2.45) is 0 Å². The van der Waals surface area contributed by atoms with Gasteiger partial charge in [-0.1, -0.05) is 84.9 Å². The number of fused-ring (bicyclic) bond motifs is 1. The summed E-state index contributed by atoms with van der Waals surface area (Å²) in [6.07, 6.45) is 2.70. The van der Waals surface area contributed by atoms with E-state index in [1.807, 2.05) is 48.5 Å². The first-order chi connectivity index (χ1) is 19.5. The number of rotatable bonds is 10. The lowest BCUT2D eigenvalue weighted by Gasteiger charge is -2.22. The molecule has 4 aromatic rings. The number of methoxy groups -OCH3 is 1. The number of thiophene rings is 1. The molecule has 0 aliphatic heterocycles. The van der Waals surface area contributed by atoms with Gasteiger partial charge in [0.2, 0.25) is 0 Å².